The third-order valence-electron chi connectivity index (χ3n) is 5.86. The zero-order chi connectivity index (χ0) is 23.2. The Labute approximate surface area is 197 Å². The third kappa shape index (κ3) is 3.44. The molecule has 0 radical (unpaired) electrons. The number of benzene rings is 1. The Balaban J connectivity index is 1.35. The summed E-state index contributed by atoms with van der Waals surface area (Å²) in [6, 6.07) is 11.4. The number of anilines is 1. The van der Waals surface area contributed by atoms with Crippen molar-refractivity contribution in [1.82, 2.24) is 19.4 Å². The first kappa shape index (κ1) is 20.3. The fraction of sp³-hybridized carbons (Fsp3) is 0.125. The Morgan fingerprint density at radius 3 is 2.79 bits per heavy atom. The standard InChI is InChI=1S/C24H18N6O3S/c25-21(31)20-22-27-16(19-5-2-8-33-19)10-18(30(22)12-26-20)23(32)29-24-28-17(11-34-24)15-7-6-13-3-1-4-14(13)9-15/h2,5-12H,1,3-4H2,(H2,25,31)(H,28,29,32). The van der Waals surface area contributed by atoms with Gasteiger partial charge in [-0.3, -0.25) is 19.3 Å². The molecule has 1 aliphatic carbocycles. The van der Waals surface area contributed by atoms with Gasteiger partial charge in [0.2, 0.25) is 0 Å². The zero-order valence-electron chi connectivity index (χ0n) is 17.8. The number of nitrogens with one attached hydrogen (secondary N) is 1. The number of imidazole rings is 1. The molecule has 0 fully saturated rings. The van der Waals surface area contributed by atoms with Gasteiger partial charge < -0.3 is 10.2 Å². The van der Waals surface area contributed by atoms with Crippen LogP contribution in [0.5, 0.6) is 0 Å². The average Bonchev–Trinajstić information content (AvgIpc) is 3.64. The van der Waals surface area contributed by atoms with E-state index in [1.54, 1.807) is 18.2 Å². The summed E-state index contributed by atoms with van der Waals surface area (Å²) in [6.07, 6.45) is 6.25. The van der Waals surface area contributed by atoms with Gasteiger partial charge in [0.1, 0.15) is 17.7 Å². The summed E-state index contributed by atoms with van der Waals surface area (Å²) in [7, 11) is 0. The highest BCUT2D eigenvalue weighted by atomic mass is 32.1. The highest BCUT2D eigenvalue weighted by molar-refractivity contribution is 7.14. The van der Waals surface area contributed by atoms with Gasteiger partial charge in [0.05, 0.1) is 12.0 Å². The number of carbonyl (C=O) groups excluding carboxylic acids is 2. The second-order valence-corrected chi connectivity index (χ2v) is 8.84. The average molecular weight is 471 g/mol. The second-order valence-electron chi connectivity index (χ2n) is 7.98. The molecule has 34 heavy (non-hydrogen) atoms. The van der Waals surface area contributed by atoms with Crippen LogP contribution in [0.1, 0.15) is 38.5 Å². The molecule has 4 aromatic heterocycles. The lowest BCUT2D eigenvalue weighted by atomic mass is 10.1. The van der Waals surface area contributed by atoms with Crippen LogP contribution in [0, 0.1) is 0 Å². The van der Waals surface area contributed by atoms with E-state index in [9.17, 15) is 9.59 Å². The SMILES string of the molecule is NC(=O)c1ncn2c(C(=O)Nc3nc(-c4ccc5c(c4)CCC5)cs3)cc(-c3ccco3)nc12. The van der Waals surface area contributed by atoms with Crippen molar-refractivity contribution in [3.8, 4) is 22.7 Å². The first-order valence-corrected chi connectivity index (χ1v) is 11.6. The number of nitrogens with two attached hydrogens (primary N) is 1. The maximum absolute atomic E-state index is 13.3. The van der Waals surface area contributed by atoms with Crippen LogP contribution in [-0.2, 0) is 12.8 Å². The number of hydrogen-bond donors (Lipinski definition) is 2. The number of nitrogens with zero attached hydrogens (tertiary/aromatic N) is 4. The lowest BCUT2D eigenvalue weighted by molar-refractivity contribution is 0.0993. The first-order valence-electron chi connectivity index (χ1n) is 10.7. The lowest BCUT2D eigenvalue weighted by Gasteiger charge is -2.07. The van der Waals surface area contributed by atoms with Gasteiger partial charge in [0.25, 0.3) is 11.8 Å². The smallest absolute Gasteiger partial charge is 0.274 e. The summed E-state index contributed by atoms with van der Waals surface area (Å²) in [4.78, 5) is 38.2. The third-order valence-corrected chi connectivity index (χ3v) is 6.62. The summed E-state index contributed by atoms with van der Waals surface area (Å²) in [5.41, 5.74) is 10.8. The number of fused-ring (bicyclic) bond motifs is 2. The summed E-state index contributed by atoms with van der Waals surface area (Å²) in [6.45, 7) is 0. The molecular formula is C24H18N6O3S. The van der Waals surface area contributed by atoms with Crippen molar-refractivity contribution in [3.05, 3.63) is 76.9 Å². The predicted octanol–water partition coefficient (Wildman–Crippen LogP) is 3.95. The fourth-order valence-corrected chi connectivity index (χ4v) is 4.94. The molecule has 1 aromatic carbocycles. The number of furan rings is 1. The number of thiazole rings is 1. The van der Waals surface area contributed by atoms with Gasteiger partial charge in [-0.05, 0) is 54.7 Å². The van der Waals surface area contributed by atoms with E-state index >= 15 is 0 Å². The quantitative estimate of drug-likeness (QED) is 0.400. The molecule has 0 unspecified atom stereocenters. The minimum atomic E-state index is -0.739. The van der Waals surface area contributed by atoms with Crippen molar-refractivity contribution in [2.45, 2.75) is 19.3 Å². The van der Waals surface area contributed by atoms with E-state index in [-0.39, 0.29) is 17.0 Å². The molecule has 3 N–H and O–H groups in total. The van der Waals surface area contributed by atoms with E-state index in [1.165, 1.54) is 45.9 Å². The molecule has 2 amide bonds. The number of primary amides is 1. The number of hydrogen-bond acceptors (Lipinski definition) is 7. The highest BCUT2D eigenvalue weighted by Crippen LogP contribution is 2.30. The minimum Gasteiger partial charge on any atom is -0.463 e. The number of aromatic nitrogens is 4. The molecule has 6 rings (SSSR count). The molecular weight excluding hydrogens is 452 g/mol. The van der Waals surface area contributed by atoms with Crippen LogP contribution in [-0.4, -0.2) is 31.2 Å². The predicted molar refractivity (Wildman–Crippen MR) is 127 cm³/mol. The molecule has 0 bridgehead atoms. The number of aryl methyl sites for hydroxylation is 2. The monoisotopic (exact) mass is 470 g/mol. The lowest BCUT2D eigenvalue weighted by Crippen LogP contribution is -2.17. The van der Waals surface area contributed by atoms with Crippen molar-refractivity contribution in [2.24, 2.45) is 5.73 Å². The van der Waals surface area contributed by atoms with E-state index in [1.807, 2.05) is 5.38 Å². The van der Waals surface area contributed by atoms with Crippen molar-refractivity contribution >= 4 is 33.9 Å². The topological polar surface area (TPSA) is 128 Å². The summed E-state index contributed by atoms with van der Waals surface area (Å²) in [5, 5.41) is 5.23. The van der Waals surface area contributed by atoms with Gasteiger partial charge in [-0.2, -0.15) is 0 Å². The van der Waals surface area contributed by atoms with Crippen molar-refractivity contribution in [3.63, 3.8) is 0 Å². The Hall–Kier alpha value is -4.31. The van der Waals surface area contributed by atoms with Gasteiger partial charge in [0.15, 0.2) is 22.2 Å². The van der Waals surface area contributed by atoms with Gasteiger partial charge in [0, 0.05) is 10.9 Å². The highest BCUT2D eigenvalue weighted by Gasteiger charge is 2.21. The molecule has 1 aliphatic rings. The van der Waals surface area contributed by atoms with Gasteiger partial charge in [-0.1, -0.05) is 12.1 Å². The fourth-order valence-electron chi connectivity index (χ4n) is 4.23. The van der Waals surface area contributed by atoms with Gasteiger partial charge >= 0.3 is 0 Å². The van der Waals surface area contributed by atoms with Crippen LogP contribution in [0.25, 0.3) is 28.4 Å². The van der Waals surface area contributed by atoms with E-state index < -0.39 is 11.8 Å². The van der Waals surface area contributed by atoms with Crippen LogP contribution in [0.4, 0.5) is 5.13 Å². The molecule has 0 saturated heterocycles. The molecule has 0 spiro atoms. The Morgan fingerprint density at radius 1 is 1.09 bits per heavy atom. The molecule has 0 saturated carbocycles. The zero-order valence-corrected chi connectivity index (χ0v) is 18.6. The Morgan fingerprint density at radius 2 is 1.97 bits per heavy atom. The second kappa shape index (κ2) is 7.92. The normalized spacial score (nSPS) is 12.7. The first-order chi connectivity index (χ1) is 16.6. The Bertz CT molecular complexity index is 1570. The molecule has 168 valence electrons. The van der Waals surface area contributed by atoms with Crippen LogP contribution < -0.4 is 11.1 Å². The summed E-state index contributed by atoms with van der Waals surface area (Å²) in [5.74, 6) is -0.721. The number of amides is 2. The van der Waals surface area contributed by atoms with Gasteiger partial charge in [-0.25, -0.2) is 15.0 Å². The van der Waals surface area contributed by atoms with E-state index in [0.29, 0.717) is 16.6 Å². The van der Waals surface area contributed by atoms with Crippen molar-refractivity contribution in [2.75, 3.05) is 5.32 Å². The van der Waals surface area contributed by atoms with Crippen LogP contribution in [0.15, 0.2) is 58.8 Å². The minimum absolute atomic E-state index is 0.0319. The van der Waals surface area contributed by atoms with E-state index in [0.717, 1.165) is 24.1 Å². The molecule has 0 atom stereocenters. The molecule has 9 nitrogen and oxygen atoms in total. The van der Waals surface area contributed by atoms with E-state index in [4.69, 9.17) is 10.2 Å². The van der Waals surface area contributed by atoms with Crippen molar-refractivity contribution < 1.29 is 14.0 Å². The van der Waals surface area contributed by atoms with E-state index in [2.05, 4.69) is 38.5 Å². The Kier molecular flexibility index (Phi) is 4.73. The molecule has 4 heterocycles. The van der Waals surface area contributed by atoms with Crippen molar-refractivity contribution in [1.29, 1.82) is 0 Å². The largest absolute Gasteiger partial charge is 0.463 e. The maximum Gasteiger partial charge on any atom is 0.274 e. The van der Waals surface area contributed by atoms with Crippen LogP contribution in [0.3, 0.4) is 0 Å². The summed E-state index contributed by atoms with van der Waals surface area (Å²) >= 11 is 1.34. The maximum atomic E-state index is 13.3. The number of rotatable bonds is 5. The van der Waals surface area contributed by atoms with Crippen LogP contribution in [0.2, 0.25) is 0 Å². The molecule has 10 heteroatoms. The molecule has 5 aromatic rings. The summed E-state index contributed by atoms with van der Waals surface area (Å²) < 4.78 is 6.86. The molecule has 0 aliphatic heterocycles. The number of carbonyl (C=O) groups is 2. The van der Waals surface area contributed by atoms with Crippen LogP contribution >= 0.6 is 11.3 Å². The van der Waals surface area contributed by atoms with Gasteiger partial charge in [-0.15, -0.1) is 11.3 Å².